The van der Waals surface area contributed by atoms with Gasteiger partial charge in [0.1, 0.15) is 5.75 Å². The lowest BCUT2D eigenvalue weighted by Crippen LogP contribution is -2.17. The van der Waals surface area contributed by atoms with Gasteiger partial charge >= 0.3 is 0 Å². The van der Waals surface area contributed by atoms with Crippen LogP contribution in [-0.4, -0.2) is 20.9 Å². The predicted octanol–water partition coefficient (Wildman–Crippen LogP) is 2.29. The molecule has 6 nitrogen and oxygen atoms in total. The van der Waals surface area contributed by atoms with Gasteiger partial charge in [-0.1, -0.05) is 6.07 Å². The van der Waals surface area contributed by atoms with E-state index in [0.717, 1.165) is 0 Å². The lowest BCUT2D eigenvalue weighted by atomic mass is 10.1. The summed E-state index contributed by atoms with van der Waals surface area (Å²) in [6, 6.07) is 10.8. The van der Waals surface area contributed by atoms with Gasteiger partial charge in [0.15, 0.2) is 0 Å². The molecule has 2 rings (SSSR count). The Hall–Kier alpha value is -2.54. The lowest BCUT2D eigenvalue weighted by molar-refractivity contribution is 0.0999. The Morgan fingerprint density at radius 2 is 1.83 bits per heavy atom. The topological polar surface area (TPSA) is 98.5 Å². The lowest BCUT2D eigenvalue weighted by Gasteiger charge is -2.13. The van der Waals surface area contributed by atoms with E-state index in [1.165, 1.54) is 12.1 Å². The van der Waals surface area contributed by atoms with E-state index >= 15 is 0 Å². The molecule has 0 fully saturated rings. The minimum atomic E-state index is -3.77. The number of amides is 1. The molecule has 0 aromatic heterocycles. The number of carbonyl (C=O) groups is 1. The highest BCUT2D eigenvalue weighted by atomic mass is 32.2. The van der Waals surface area contributed by atoms with Gasteiger partial charge in [-0.15, -0.1) is 0 Å². The van der Waals surface area contributed by atoms with Gasteiger partial charge in [-0.05, 0) is 55.8 Å². The van der Waals surface area contributed by atoms with Crippen molar-refractivity contribution in [3.8, 4) is 5.75 Å². The Morgan fingerprint density at radius 1 is 1.17 bits per heavy atom. The van der Waals surface area contributed by atoms with Crippen LogP contribution in [-0.2, 0) is 10.0 Å². The highest BCUT2D eigenvalue weighted by Crippen LogP contribution is 2.23. The van der Waals surface area contributed by atoms with Crippen molar-refractivity contribution in [3.05, 3.63) is 53.6 Å². The van der Waals surface area contributed by atoms with E-state index in [2.05, 4.69) is 4.72 Å². The number of nitrogens with two attached hydrogens (primary N) is 1. The maximum atomic E-state index is 12.4. The second-order valence-corrected chi connectivity index (χ2v) is 6.53. The normalized spacial score (nSPS) is 11.0. The highest BCUT2D eigenvalue weighted by molar-refractivity contribution is 7.92. The molecule has 0 heterocycles. The van der Waals surface area contributed by atoms with Crippen LogP contribution in [0.15, 0.2) is 47.4 Å². The summed E-state index contributed by atoms with van der Waals surface area (Å²) in [6.07, 6.45) is 0. The van der Waals surface area contributed by atoms with Gasteiger partial charge < -0.3 is 10.5 Å². The van der Waals surface area contributed by atoms with Gasteiger partial charge in [0.2, 0.25) is 5.91 Å². The molecule has 0 radical (unpaired) electrons. The summed E-state index contributed by atoms with van der Waals surface area (Å²) < 4.78 is 32.6. The van der Waals surface area contributed by atoms with Crippen molar-refractivity contribution in [1.29, 1.82) is 0 Å². The monoisotopic (exact) mass is 334 g/mol. The summed E-state index contributed by atoms with van der Waals surface area (Å²) in [5, 5.41) is 0. The SMILES string of the molecule is CCOc1ccc(S(=O)(=O)Nc2cccc(C(N)=O)c2C)cc1. The first-order chi connectivity index (χ1) is 10.8. The van der Waals surface area contributed by atoms with Crippen LogP contribution in [0.3, 0.4) is 0 Å². The molecule has 3 N–H and O–H groups in total. The second-order valence-electron chi connectivity index (χ2n) is 4.85. The Kier molecular flexibility index (Phi) is 4.90. The summed E-state index contributed by atoms with van der Waals surface area (Å²) in [5.74, 6) is -0.0111. The number of anilines is 1. The molecule has 0 unspecified atom stereocenters. The zero-order valence-corrected chi connectivity index (χ0v) is 13.7. The van der Waals surface area contributed by atoms with Crippen molar-refractivity contribution in [2.45, 2.75) is 18.7 Å². The van der Waals surface area contributed by atoms with Crippen LogP contribution in [0, 0.1) is 6.92 Å². The van der Waals surface area contributed by atoms with Crippen molar-refractivity contribution < 1.29 is 17.9 Å². The molecule has 0 atom stereocenters. The first-order valence-corrected chi connectivity index (χ1v) is 8.48. The number of hydrogen-bond donors (Lipinski definition) is 2. The van der Waals surface area contributed by atoms with Gasteiger partial charge in [0.05, 0.1) is 17.2 Å². The fourth-order valence-electron chi connectivity index (χ4n) is 2.10. The van der Waals surface area contributed by atoms with Gasteiger partial charge in [0.25, 0.3) is 10.0 Å². The van der Waals surface area contributed by atoms with Gasteiger partial charge in [-0.25, -0.2) is 8.42 Å². The summed E-state index contributed by atoms with van der Waals surface area (Å²) in [5.41, 5.74) is 6.34. The molecule has 7 heteroatoms. The molecule has 0 saturated heterocycles. The zero-order valence-electron chi connectivity index (χ0n) is 12.9. The minimum absolute atomic E-state index is 0.102. The Bertz CT molecular complexity index is 814. The number of carbonyl (C=O) groups excluding carboxylic acids is 1. The Balaban J connectivity index is 2.31. The van der Waals surface area contributed by atoms with Crippen molar-refractivity contribution in [2.75, 3.05) is 11.3 Å². The molecule has 0 bridgehead atoms. The smallest absolute Gasteiger partial charge is 0.261 e. The second kappa shape index (κ2) is 6.70. The average molecular weight is 334 g/mol. The van der Waals surface area contributed by atoms with Crippen LogP contribution >= 0.6 is 0 Å². The van der Waals surface area contributed by atoms with Gasteiger partial charge in [-0.3, -0.25) is 9.52 Å². The summed E-state index contributed by atoms with van der Waals surface area (Å²) in [7, 11) is -3.77. The van der Waals surface area contributed by atoms with E-state index in [4.69, 9.17) is 10.5 Å². The number of rotatable bonds is 6. The van der Waals surface area contributed by atoms with E-state index < -0.39 is 15.9 Å². The van der Waals surface area contributed by atoms with Crippen LogP contribution in [0.5, 0.6) is 5.75 Å². The van der Waals surface area contributed by atoms with E-state index in [1.807, 2.05) is 6.92 Å². The summed E-state index contributed by atoms with van der Waals surface area (Å²) in [6.45, 7) is 3.99. The van der Waals surface area contributed by atoms with E-state index in [9.17, 15) is 13.2 Å². The van der Waals surface area contributed by atoms with Crippen LogP contribution in [0.4, 0.5) is 5.69 Å². The number of nitrogens with one attached hydrogen (secondary N) is 1. The molecule has 0 aliphatic carbocycles. The fraction of sp³-hybridized carbons (Fsp3) is 0.188. The van der Waals surface area contributed by atoms with E-state index in [0.29, 0.717) is 23.6 Å². The van der Waals surface area contributed by atoms with Crippen molar-refractivity contribution in [2.24, 2.45) is 5.73 Å². The van der Waals surface area contributed by atoms with Crippen LogP contribution in [0.25, 0.3) is 0 Å². The molecular weight excluding hydrogens is 316 g/mol. The third-order valence-corrected chi connectivity index (χ3v) is 4.67. The van der Waals surface area contributed by atoms with E-state index in [-0.39, 0.29) is 10.5 Å². The number of benzene rings is 2. The molecule has 23 heavy (non-hydrogen) atoms. The maximum absolute atomic E-state index is 12.4. The van der Waals surface area contributed by atoms with Crippen LogP contribution in [0.2, 0.25) is 0 Å². The number of hydrogen-bond acceptors (Lipinski definition) is 4. The molecule has 0 aliphatic heterocycles. The highest BCUT2D eigenvalue weighted by Gasteiger charge is 2.17. The van der Waals surface area contributed by atoms with Gasteiger partial charge in [-0.2, -0.15) is 0 Å². The largest absolute Gasteiger partial charge is 0.494 e. The molecule has 0 aliphatic rings. The molecule has 2 aromatic carbocycles. The number of primary amides is 1. The molecule has 2 aromatic rings. The molecule has 0 saturated carbocycles. The first-order valence-electron chi connectivity index (χ1n) is 7.00. The average Bonchev–Trinajstić information content (AvgIpc) is 2.50. The van der Waals surface area contributed by atoms with E-state index in [1.54, 1.807) is 37.3 Å². The fourth-order valence-corrected chi connectivity index (χ4v) is 3.22. The molecule has 1 amide bonds. The van der Waals surface area contributed by atoms with Crippen LogP contribution < -0.4 is 15.2 Å². The quantitative estimate of drug-likeness (QED) is 0.846. The zero-order chi connectivity index (χ0) is 17.0. The molecular formula is C16H18N2O4S. The summed E-state index contributed by atoms with van der Waals surface area (Å²) in [4.78, 5) is 11.4. The third-order valence-electron chi connectivity index (χ3n) is 3.29. The van der Waals surface area contributed by atoms with Gasteiger partial charge in [0, 0.05) is 5.56 Å². The molecule has 122 valence electrons. The van der Waals surface area contributed by atoms with Crippen LogP contribution in [0.1, 0.15) is 22.8 Å². The number of ether oxygens (including phenoxy) is 1. The predicted molar refractivity (Wildman–Crippen MR) is 88.1 cm³/mol. The van der Waals surface area contributed by atoms with Crippen molar-refractivity contribution in [3.63, 3.8) is 0 Å². The standard InChI is InChI=1S/C16H18N2O4S/c1-3-22-12-7-9-13(10-8-12)23(20,21)18-15-6-4-5-14(11(15)2)16(17)19/h4-10,18H,3H2,1-2H3,(H2,17,19). The Labute approximate surface area is 135 Å². The van der Waals surface area contributed by atoms with Crippen molar-refractivity contribution in [1.82, 2.24) is 0 Å². The minimum Gasteiger partial charge on any atom is -0.494 e. The summed E-state index contributed by atoms with van der Waals surface area (Å²) >= 11 is 0. The maximum Gasteiger partial charge on any atom is 0.261 e. The number of sulfonamides is 1. The first kappa shape index (κ1) is 16.8. The molecule has 0 spiro atoms. The Morgan fingerprint density at radius 3 is 2.39 bits per heavy atom. The third kappa shape index (κ3) is 3.81. The van der Waals surface area contributed by atoms with Crippen molar-refractivity contribution >= 4 is 21.6 Å².